The molecule has 2 aliphatic rings. The van der Waals surface area contributed by atoms with Crippen LogP contribution in [0.3, 0.4) is 0 Å². The van der Waals surface area contributed by atoms with E-state index in [9.17, 15) is 4.79 Å². The molecule has 1 aromatic heterocycles. The topological polar surface area (TPSA) is 51.7 Å². The maximum Gasteiger partial charge on any atom is 0.311 e. The summed E-state index contributed by atoms with van der Waals surface area (Å²) in [5, 5.41) is 1.17. The van der Waals surface area contributed by atoms with Gasteiger partial charge in [-0.1, -0.05) is 18.2 Å². The van der Waals surface area contributed by atoms with Crippen molar-refractivity contribution in [3.8, 4) is 5.75 Å². The molecule has 1 aliphatic carbocycles. The number of fused-ring (bicyclic) bond motifs is 1. The SMILES string of the molecule is COC(=O)C(C)(C)CC1=CCCc2c(OCCc3nc(N4CCCCC4)sc3C)cccc21. The predicted molar refractivity (Wildman–Crippen MR) is 135 cm³/mol. The van der Waals surface area contributed by atoms with Gasteiger partial charge in [-0.05, 0) is 76.5 Å². The number of aromatic nitrogens is 1. The number of hydrogen-bond acceptors (Lipinski definition) is 6. The third-order valence-corrected chi connectivity index (χ3v) is 7.81. The lowest BCUT2D eigenvalue weighted by Gasteiger charge is -2.27. The Bertz CT molecular complexity index is 1020. The van der Waals surface area contributed by atoms with Gasteiger partial charge in [0.05, 0.1) is 24.8 Å². The maximum atomic E-state index is 12.2. The normalized spacial score (nSPS) is 16.2. The van der Waals surface area contributed by atoms with Crippen molar-refractivity contribution in [3.05, 3.63) is 46.0 Å². The van der Waals surface area contributed by atoms with Gasteiger partial charge in [-0.3, -0.25) is 4.79 Å². The van der Waals surface area contributed by atoms with Crippen molar-refractivity contribution in [1.82, 2.24) is 4.98 Å². The van der Waals surface area contributed by atoms with Gasteiger partial charge in [-0.25, -0.2) is 4.98 Å². The number of hydrogen-bond donors (Lipinski definition) is 0. The van der Waals surface area contributed by atoms with Crippen LogP contribution < -0.4 is 9.64 Å². The molecular formula is C27H36N2O3S. The average Bonchev–Trinajstić information content (AvgIpc) is 3.19. The van der Waals surface area contributed by atoms with E-state index in [0.717, 1.165) is 43.8 Å². The fourth-order valence-electron chi connectivity index (χ4n) is 4.88. The van der Waals surface area contributed by atoms with Crippen molar-refractivity contribution in [2.75, 3.05) is 31.7 Å². The second kappa shape index (κ2) is 10.3. The lowest BCUT2D eigenvalue weighted by molar-refractivity contribution is -0.150. The van der Waals surface area contributed by atoms with Crippen LogP contribution in [-0.4, -0.2) is 37.8 Å². The van der Waals surface area contributed by atoms with E-state index in [1.165, 1.54) is 53.1 Å². The fraction of sp³-hybridized carbons (Fsp3) is 0.556. The molecule has 0 atom stereocenters. The minimum absolute atomic E-state index is 0.175. The Labute approximate surface area is 201 Å². The molecule has 0 spiro atoms. The number of piperidine rings is 1. The number of thiazole rings is 1. The summed E-state index contributed by atoms with van der Waals surface area (Å²) in [4.78, 5) is 20.9. The van der Waals surface area contributed by atoms with Gasteiger partial charge in [0.1, 0.15) is 5.75 Å². The quantitative estimate of drug-likeness (QED) is 0.446. The van der Waals surface area contributed by atoms with E-state index < -0.39 is 5.41 Å². The summed E-state index contributed by atoms with van der Waals surface area (Å²) in [7, 11) is 1.46. The number of rotatable bonds is 8. The first kappa shape index (κ1) is 23.8. The summed E-state index contributed by atoms with van der Waals surface area (Å²) in [6, 6.07) is 6.28. The first-order valence-electron chi connectivity index (χ1n) is 12.1. The van der Waals surface area contributed by atoms with E-state index in [0.29, 0.717) is 13.0 Å². The summed E-state index contributed by atoms with van der Waals surface area (Å²) in [6.45, 7) is 8.94. The maximum absolute atomic E-state index is 12.2. The third kappa shape index (κ3) is 5.43. The number of benzene rings is 1. The number of aryl methyl sites for hydroxylation is 1. The monoisotopic (exact) mass is 468 g/mol. The molecule has 2 aromatic rings. The van der Waals surface area contributed by atoms with Crippen molar-refractivity contribution >= 4 is 28.0 Å². The first-order valence-corrected chi connectivity index (χ1v) is 12.9. The number of allylic oxidation sites excluding steroid dienone is 2. The largest absolute Gasteiger partial charge is 0.493 e. The van der Waals surface area contributed by atoms with E-state index in [2.05, 4.69) is 36.1 Å². The van der Waals surface area contributed by atoms with E-state index >= 15 is 0 Å². The Morgan fingerprint density at radius 1 is 1.21 bits per heavy atom. The smallest absolute Gasteiger partial charge is 0.311 e. The van der Waals surface area contributed by atoms with E-state index in [4.69, 9.17) is 14.5 Å². The number of anilines is 1. The molecule has 0 N–H and O–H groups in total. The molecule has 33 heavy (non-hydrogen) atoms. The summed E-state index contributed by atoms with van der Waals surface area (Å²) in [5.41, 5.74) is 4.26. The average molecular weight is 469 g/mol. The Kier molecular flexibility index (Phi) is 7.42. The molecule has 0 bridgehead atoms. The molecule has 2 heterocycles. The van der Waals surface area contributed by atoms with E-state index in [1.54, 1.807) is 0 Å². The molecule has 0 unspecified atom stereocenters. The first-order chi connectivity index (χ1) is 15.9. The van der Waals surface area contributed by atoms with Crippen molar-refractivity contribution in [2.24, 2.45) is 5.41 Å². The van der Waals surface area contributed by atoms with Crippen LogP contribution in [0.25, 0.3) is 5.57 Å². The van der Waals surface area contributed by atoms with Gasteiger partial charge >= 0.3 is 5.97 Å². The van der Waals surface area contributed by atoms with Gasteiger partial charge in [0.15, 0.2) is 5.13 Å². The van der Waals surface area contributed by atoms with Crippen LogP contribution in [0.2, 0.25) is 0 Å². The van der Waals surface area contributed by atoms with Crippen LogP contribution in [0, 0.1) is 12.3 Å². The van der Waals surface area contributed by atoms with Crippen molar-refractivity contribution in [2.45, 2.75) is 65.7 Å². The molecule has 0 radical (unpaired) electrons. The van der Waals surface area contributed by atoms with Crippen molar-refractivity contribution in [1.29, 1.82) is 0 Å². The van der Waals surface area contributed by atoms with Crippen LogP contribution in [0.5, 0.6) is 5.75 Å². The number of esters is 1. The van der Waals surface area contributed by atoms with Gasteiger partial charge in [-0.2, -0.15) is 0 Å². The summed E-state index contributed by atoms with van der Waals surface area (Å²) >= 11 is 1.81. The third-order valence-electron chi connectivity index (χ3n) is 6.74. The highest BCUT2D eigenvalue weighted by atomic mass is 32.1. The summed E-state index contributed by atoms with van der Waals surface area (Å²) in [5.74, 6) is 0.781. The zero-order valence-corrected chi connectivity index (χ0v) is 21.2. The zero-order chi connectivity index (χ0) is 23.4. The molecule has 178 valence electrons. The molecule has 1 aromatic carbocycles. The molecule has 1 fully saturated rings. The number of carbonyl (C=O) groups is 1. The highest BCUT2D eigenvalue weighted by molar-refractivity contribution is 7.15. The molecule has 1 saturated heterocycles. The Hall–Kier alpha value is -2.34. The molecule has 5 nitrogen and oxygen atoms in total. The number of ether oxygens (including phenoxy) is 2. The van der Waals surface area contributed by atoms with Gasteiger partial charge in [-0.15, -0.1) is 11.3 Å². The second-order valence-electron chi connectivity index (χ2n) is 9.75. The molecule has 1 aliphatic heterocycles. The lowest BCUT2D eigenvalue weighted by Crippen LogP contribution is -2.29. The molecular weight excluding hydrogens is 432 g/mol. The molecule has 0 saturated carbocycles. The van der Waals surface area contributed by atoms with Crippen LogP contribution in [0.1, 0.15) is 67.6 Å². The standard InChI is InChI=1S/C27H36N2O3S/c1-19-23(28-26(33-19)29-15-6-5-7-16-29)14-17-32-24-13-9-11-21-20(10-8-12-22(21)24)18-27(2,3)25(30)31-4/h9-11,13H,5-8,12,14-18H2,1-4H3. The number of methoxy groups -OCH3 is 1. The fourth-order valence-corrected chi connectivity index (χ4v) is 5.88. The van der Waals surface area contributed by atoms with Crippen molar-refractivity contribution < 1.29 is 14.3 Å². The Morgan fingerprint density at radius 3 is 2.76 bits per heavy atom. The van der Waals surface area contributed by atoms with Crippen LogP contribution in [-0.2, 0) is 22.4 Å². The molecule has 4 rings (SSSR count). The molecule has 0 amide bonds. The highest BCUT2D eigenvalue weighted by Gasteiger charge is 2.31. The number of carbonyl (C=O) groups excluding carboxylic acids is 1. The van der Waals surface area contributed by atoms with Gasteiger partial charge in [0.25, 0.3) is 0 Å². The van der Waals surface area contributed by atoms with Crippen LogP contribution in [0.4, 0.5) is 5.13 Å². The highest BCUT2D eigenvalue weighted by Crippen LogP contribution is 2.39. The van der Waals surface area contributed by atoms with Gasteiger partial charge in [0, 0.05) is 30.0 Å². The minimum atomic E-state index is -0.555. The van der Waals surface area contributed by atoms with Crippen LogP contribution in [0.15, 0.2) is 24.3 Å². The summed E-state index contributed by atoms with van der Waals surface area (Å²) < 4.78 is 11.3. The Balaban J connectivity index is 1.42. The summed E-state index contributed by atoms with van der Waals surface area (Å²) in [6.07, 6.45) is 9.53. The zero-order valence-electron chi connectivity index (χ0n) is 20.4. The second-order valence-corrected chi connectivity index (χ2v) is 10.9. The van der Waals surface area contributed by atoms with Gasteiger partial charge in [0.2, 0.25) is 0 Å². The van der Waals surface area contributed by atoms with E-state index in [-0.39, 0.29) is 5.97 Å². The molecule has 6 heteroatoms. The van der Waals surface area contributed by atoms with Gasteiger partial charge < -0.3 is 14.4 Å². The number of nitrogens with zero attached hydrogens (tertiary/aromatic N) is 2. The predicted octanol–water partition coefficient (Wildman–Crippen LogP) is 5.98. The van der Waals surface area contributed by atoms with Crippen LogP contribution >= 0.6 is 11.3 Å². The van der Waals surface area contributed by atoms with Crippen molar-refractivity contribution in [3.63, 3.8) is 0 Å². The van der Waals surface area contributed by atoms with E-state index in [1.807, 2.05) is 25.2 Å². The lowest BCUT2D eigenvalue weighted by atomic mass is 9.79. The minimum Gasteiger partial charge on any atom is -0.493 e. The Morgan fingerprint density at radius 2 is 2.00 bits per heavy atom.